The van der Waals surface area contributed by atoms with Crippen molar-refractivity contribution in [1.82, 2.24) is 9.78 Å². The van der Waals surface area contributed by atoms with Crippen molar-refractivity contribution in [3.05, 3.63) is 74.6 Å². The van der Waals surface area contributed by atoms with Crippen LogP contribution in [0.2, 0.25) is 0 Å². The number of rotatable bonds is 4. The number of halogens is 1. The Morgan fingerprint density at radius 1 is 1.22 bits per heavy atom. The van der Waals surface area contributed by atoms with E-state index in [1.54, 1.807) is 42.5 Å². The van der Waals surface area contributed by atoms with Crippen molar-refractivity contribution in [1.29, 1.82) is 0 Å². The number of nitrogens with zero attached hydrogens (tertiary/aromatic N) is 2. The second-order valence-corrected chi connectivity index (χ2v) is 6.57. The first-order valence-corrected chi connectivity index (χ1v) is 8.74. The van der Waals surface area contributed by atoms with Crippen molar-refractivity contribution in [3.63, 3.8) is 0 Å². The number of anilines is 1. The van der Waals surface area contributed by atoms with Crippen LogP contribution in [-0.4, -0.2) is 27.9 Å². The topological polar surface area (TPSA) is 93.5 Å². The van der Waals surface area contributed by atoms with Gasteiger partial charge in [-0.2, -0.15) is 9.78 Å². The van der Waals surface area contributed by atoms with E-state index in [1.165, 1.54) is 7.11 Å². The molecular formula is C19H16BrN3O4. The number of ether oxygens (including phenoxy) is 1. The molecule has 0 saturated carbocycles. The minimum absolute atomic E-state index is 0.277. The summed E-state index contributed by atoms with van der Waals surface area (Å²) < 4.78 is 7.16. The first kappa shape index (κ1) is 18.7. The lowest BCUT2D eigenvalue weighted by Gasteiger charge is -2.12. The zero-order valence-electron chi connectivity index (χ0n) is 14.6. The number of methoxy groups -OCH3 is 1. The van der Waals surface area contributed by atoms with Gasteiger partial charge in [0, 0.05) is 16.2 Å². The number of amides is 1. The number of aryl methyl sites for hydroxylation is 1. The van der Waals surface area contributed by atoms with Crippen LogP contribution in [0.1, 0.15) is 16.1 Å². The highest BCUT2D eigenvalue weighted by Gasteiger charge is 2.18. The molecule has 1 amide bonds. The lowest BCUT2D eigenvalue weighted by atomic mass is 10.2. The van der Waals surface area contributed by atoms with Crippen molar-refractivity contribution >= 4 is 27.5 Å². The van der Waals surface area contributed by atoms with Crippen molar-refractivity contribution in [2.75, 3.05) is 12.4 Å². The summed E-state index contributed by atoms with van der Waals surface area (Å²) in [6.07, 6.45) is 0. The zero-order chi connectivity index (χ0) is 19.6. The summed E-state index contributed by atoms with van der Waals surface area (Å²) in [7, 11) is 1.47. The van der Waals surface area contributed by atoms with Crippen LogP contribution in [0.5, 0.6) is 11.5 Å². The largest absolute Gasteiger partial charge is 0.505 e. The van der Waals surface area contributed by atoms with E-state index in [-0.39, 0.29) is 5.69 Å². The predicted octanol–water partition coefficient (Wildman–Crippen LogP) is 3.27. The van der Waals surface area contributed by atoms with Gasteiger partial charge in [-0.05, 0) is 42.8 Å². The number of aromatic nitrogens is 2. The Balaban J connectivity index is 2.02. The molecule has 0 spiro atoms. The number of nitrogens with one attached hydrogen (secondary N) is 1. The number of hydrogen-bond acceptors (Lipinski definition) is 5. The molecule has 27 heavy (non-hydrogen) atoms. The summed E-state index contributed by atoms with van der Waals surface area (Å²) in [5, 5.41) is 16.8. The average molecular weight is 430 g/mol. The summed E-state index contributed by atoms with van der Waals surface area (Å²) in [4.78, 5) is 24.9. The van der Waals surface area contributed by atoms with Gasteiger partial charge >= 0.3 is 0 Å². The molecule has 3 aromatic rings. The van der Waals surface area contributed by atoms with Crippen molar-refractivity contribution in [2.24, 2.45) is 0 Å². The van der Waals surface area contributed by atoms with Crippen LogP contribution in [0.15, 0.2) is 57.8 Å². The van der Waals surface area contributed by atoms with E-state index >= 15 is 0 Å². The highest BCUT2D eigenvalue weighted by atomic mass is 79.9. The molecular weight excluding hydrogens is 414 g/mol. The third-order valence-corrected chi connectivity index (χ3v) is 4.75. The van der Waals surface area contributed by atoms with E-state index in [9.17, 15) is 14.7 Å². The van der Waals surface area contributed by atoms with Gasteiger partial charge < -0.3 is 15.2 Å². The van der Waals surface area contributed by atoms with E-state index in [2.05, 4.69) is 26.3 Å². The molecule has 0 aliphatic heterocycles. The van der Waals surface area contributed by atoms with Crippen molar-refractivity contribution in [3.8, 4) is 17.2 Å². The van der Waals surface area contributed by atoms with Crippen LogP contribution >= 0.6 is 15.9 Å². The highest BCUT2D eigenvalue weighted by Crippen LogP contribution is 2.23. The molecule has 3 rings (SSSR count). The van der Waals surface area contributed by atoms with E-state index in [0.717, 1.165) is 20.8 Å². The zero-order valence-corrected chi connectivity index (χ0v) is 16.1. The lowest BCUT2D eigenvalue weighted by Crippen LogP contribution is -2.25. The van der Waals surface area contributed by atoms with E-state index in [4.69, 9.17) is 4.74 Å². The number of aromatic hydroxyl groups is 1. The third kappa shape index (κ3) is 3.85. The maximum Gasteiger partial charge on any atom is 0.279 e. The number of benzene rings is 2. The molecule has 0 aliphatic carbocycles. The second-order valence-electron chi connectivity index (χ2n) is 5.72. The van der Waals surface area contributed by atoms with Gasteiger partial charge in [0.1, 0.15) is 11.4 Å². The Kier molecular flexibility index (Phi) is 5.27. The quantitative estimate of drug-likeness (QED) is 0.663. The molecule has 1 aromatic heterocycles. The van der Waals surface area contributed by atoms with E-state index < -0.39 is 17.2 Å². The summed E-state index contributed by atoms with van der Waals surface area (Å²) >= 11 is 3.39. The van der Waals surface area contributed by atoms with Crippen LogP contribution in [0.3, 0.4) is 0 Å². The summed E-state index contributed by atoms with van der Waals surface area (Å²) in [5.74, 6) is -0.733. The van der Waals surface area contributed by atoms with Crippen LogP contribution in [0.25, 0.3) is 5.69 Å². The van der Waals surface area contributed by atoms with Gasteiger partial charge in [0.2, 0.25) is 0 Å². The fourth-order valence-corrected chi connectivity index (χ4v) is 2.75. The Morgan fingerprint density at radius 3 is 2.67 bits per heavy atom. The van der Waals surface area contributed by atoms with Gasteiger partial charge in [-0.3, -0.25) is 9.59 Å². The summed E-state index contributed by atoms with van der Waals surface area (Å²) in [5.41, 5.74) is 0.966. The molecule has 0 fully saturated rings. The number of hydrogen-bond donors (Lipinski definition) is 2. The average Bonchev–Trinajstić information content (AvgIpc) is 2.65. The smallest absolute Gasteiger partial charge is 0.279 e. The van der Waals surface area contributed by atoms with Crippen LogP contribution in [0, 0.1) is 6.92 Å². The van der Waals surface area contributed by atoms with Gasteiger partial charge in [-0.25, -0.2) is 0 Å². The maximum absolute atomic E-state index is 12.6. The molecule has 0 atom stereocenters. The monoisotopic (exact) mass is 429 g/mol. The SMILES string of the molecule is COc1ccccc1-n1nc(C(=O)Nc2ccc(Br)c(C)c2)c(O)cc1=O. The first-order valence-electron chi connectivity index (χ1n) is 7.95. The van der Waals surface area contributed by atoms with Gasteiger partial charge in [-0.1, -0.05) is 28.1 Å². The number of para-hydroxylation sites is 2. The minimum Gasteiger partial charge on any atom is -0.505 e. The molecule has 1 heterocycles. The number of carbonyl (C=O) groups is 1. The first-order chi connectivity index (χ1) is 12.9. The fraction of sp³-hybridized carbons (Fsp3) is 0.105. The molecule has 0 radical (unpaired) electrons. The van der Waals surface area contributed by atoms with Gasteiger partial charge in [0.25, 0.3) is 11.5 Å². The lowest BCUT2D eigenvalue weighted by molar-refractivity contribution is 0.101. The van der Waals surface area contributed by atoms with E-state index in [0.29, 0.717) is 17.1 Å². The van der Waals surface area contributed by atoms with E-state index in [1.807, 2.05) is 6.92 Å². The predicted molar refractivity (Wildman–Crippen MR) is 105 cm³/mol. The second kappa shape index (κ2) is 7.63. The fourth-order valence-electron chi connectivity index (χ4n) is 2.50. The highest BCUT2D eigenvalue weighted by molar-refractivity contribution is 9.10. The van der Waals surface area contributed by atoms with Crippen LogP contribution < -0.4 is 15.6 Å². The molecule has 8 heteroatoms. The minimum atomic E-state index is -0.641. The van der Waals surface area contributed by atoms with Gasteiger partial charge in [0.15, 0.2) is 11.4 Å². The molecule has 0 saturated heterocycles. The molecule has 138 valence electrons. The normalized spacial score (nSPS) is 10.5. The van der Waals surface area contributed by atoms with Crippen molar-refractivity contribution < 1.29 is 14.6 Å². The van der Waals surface area contributed by atoms with Crippen LogP contribution in [-0.2, 0) is 0 Å². The van der Waals surface area contributed by atoms with Crippen LogP contribution in [0.4, 0.5) is 5.69 Å². The van der Waals surface area contributed by atoms with Crippen molar-refractivity contribution in [2.45, 2.75) is 6.92 Å². The molecule has 7 nitrogen and oxygen atoms in total. The molecule has 0 bridgehead atoms. The van der Waals surface area contributed by atoms with Gasteiger partial charge in [0.05, 0.1) is 7.11 Å². The Labute approximate surface area is 163 Å². The Hall–Kier alpha value is -3.13. The third-order valence-electron chi connectivity index (χ3n) is 3.86. The molecule has 0 unspecified atom stereocenters. The summed E-state index contributed by atoms with van der Waals surface area (Å²) in [6.45, 7) is 1.89. The van der Waals surface area contributed by atoms with Gasteiger partial charge in [-0.15, -0.1) is 0 Å². The molecule has 0 aliphatic rings. The molecule has 2 aromatic carbocycles. The Bertz CT molecular complexity index is 1080. The Morgan fingerprint density at radius 2 is 1.96 bits per heavy atom. The standard InChI is InChI=1S/C19H16BrN3O4/c1-11-9-12(7-8-13(11)20)21-19(26)18-15(24)10-17(25)23(22-18)14-5-3-4-6-16(14)27-2/h3-10,24H,1-2H3,(H,21,26). The number of carbonyl (C=O) groups excluding carboxylic acids is 1. The maximum atomic E-state index is 12.6. The molecule has 2 N–H and O–H groups in total. The summed E-state index contributed by atoms with van der Waals surface area (Å²) in [6, 6.07) is 13.0.